The topological polar surface area (TPSA) is 0 Å². The molecule has 0 N–H and O–H groups in total. The van der Waals surface area contributed by atoms with Gasteiger partial charge in [-0.05, 0) is 6.42 Å². The molecule has 42 valence electrons. The van der Waals surface area contributed by atoms with Gasteiger partial charge in [-0.1, -0.05) is 12.1 Å². The Morgan fingerprint density at radius 1 is 1.71 bits per heavy atom. The van der Waals surface area contributed by atoms with Crippen LogP contribution in [0.25, 0.3) is 0 Å². The van der Waals surface area contributed by atoms with E-state index in [1.165, 1.54) is 5.20 Å². The first kappa shape index (κ1) is 7.92. The van der Waals surface area contributed by atoms with Gasteiger partial charge < -0.3 is 0 Å². The van der Waals surface area contributed by atoms with Crippen molar-refractivity contribution in [2.24, 2.45) is 0 Å². The van der Waals surface area contributed by atoms with Gasteiger partial charge in [-0.3, -0.25) is 0 Å². The zero-order valence-corrected chi connectivity index (χ0v) is 8.57. The summed E-state index contributed by atoms with van der Waals surface area (Å²) in [6, 6.07) is -0.834. The second-order valence-electron chi connectivity index (χ2n) is 1.31. The monoisotopic (exact) mass is 242 g/mol. The third kappa shape index (κ3) is 3.50. The molecule has 0 heterocycles. The molecule has 0 spiro atoms. The summed E-state index contributed by atoms with van der Waals surface area (Å²) in [7, 11) is 0. The Morgan fingerprint density at radius 2 is 2.14 bits per heavy atom. The molecule has 0 nitrogen and oxygen atoms in total. The van der Waals surface area contributed by atoms with Crippen LogP contribution in [0.5, 0.6) is 0 Å². The number of allylic oxidation sites excluding steroid dienone is 1. The van der Waals surface area contributed by atoms with Gasteiger partial charge in [0, 0.05) is 0 Å². The van der Waals surface area contributed by atoms with Crippen LogP contribution in [0.15, 0.2) is 11.8 Å². The van der Waals surface area contributed by atoms with Gasteiger partial charge in [-0.2, -0.15) is 0 Å². The second-order valence-corrected chi connectivity index (χ2v) is 11.9. The maximum atomic E-state index is 3.84. The van der Waals surface area contributed by atoms with E-state index in [1.807, 2.05) is 0 Å². The minimum atomic E-state index is -0.834. The minimum Gasteiger partial charge on any atom is -0.110 e. The van der Waals surface area contributed by atoms with Gasteiger partial charge in [-0.25, -0.2) is 0 Å². The van der Waals surface area contributed by atoms with E-state index in [4.69, 9.17) is 0 Å². The molecule has 0 saturated carbocycles. The molecule has 0 rings (SSSR count). The fourth-order valence-corrected chi connectivity index (χ4v) is 2.41. The maximum absolute atomic E-state index is 3.84. The standard InChI is InChI=1S/C4H8Br2Si/c1-3-4(2)7(5)6/h7H,2-3H2,1H3. The van der Waals surface area contributed by atoms with E-state index in [0.29, 0.717) is 0 Å². The Balaban J connectivity index is 3.35. The van der Waals surface area contributed by atoms with E-state index in [0.717, 1.165) is 6.42 Å². The Morgan fingerprint density at radius 3 is 2.14 bits per heavy atom. The third-order valence-corrected chi connectivity index (χ3v) is 5.67. The van der Waals surface area contributed by atoms with Crippen molar-refractivity contribution in [1.82, 2.24) is 0 Å². The van der Waals surface area contributed by atoms with Gasteiger partial charge in [-0.15, -0.1) is 37.2 Å². The first-order valence-electron chi connectivity index (χ1n) is 2.14. The molecule has 0 radical (unpaired) electrons. The lowest BCUT2D eigenvalue weighted by atomic mass is 10.5. The summed E-state index contributed by atoms with van der Waals surface area (Å²) < 4.78 is 0. The van der Waals surface area contributed by atoms with Crippen LogP contribution < -0.4 is 0 Å². The van der Waals surface area contributed by atoms with Crippen LogP contribution in [0.4, 0.5) is 0 Å². The second kappa shape index (κ2) is 3.86. The molecule has 0 unspecified atom stereocenters. The van der Waals surface area contributed by atoms with Crippen LogP contribution in [0.2, 0.25) is 0 Å². The van der Waals surface area contributed by atoms with Gasteiger partial charge in [0.15, 0.2) is 0 Å². The zero-order valence-electron chi connectivity index (χ0n) is 4.25. The molecule has 0 aliphatic carbocycles. The van der Waals surface area contributed by atoms with Crippen molar-refractivity contribution in [1.29, 1.82) is 0 Å². The zero-order chi connectivity index (χ0) is 5.86. The van der Waals surface area contributed by atoms with Crippen molar-refractivity contribution < 1.29 is 0 Å². The average Bonchev–Trinajstić information content (AvgIpc) is 1.65. The third-order valence-electron chi connectivity index (χ3n) is 0.763. The first-order chi connectivity index (χ1) is 3.18. The Kier molecular flexibility index (Phi) is 4.37. The summed E-state index contributed by atoms with van der Waals surface area (Å²) in [5.41, 5.74) is 0. The maximum Gasteiger partial charge on any atom is 0.211 e. The number of rotatable bonds is 2. The number of halogens is 2. The molecular formula is C4H8Br2Si. The molecular weight excluding hydrogens is 236 g/mol. The Bertz CT molecular complexity index is 70.1. The number of hydrogen-bond donors (Lipinski definition) is 0. The highest BCUT2D eigenvalue weighted by Gasteiger charge is 2.00. The largest absolute Gasteiger partial charge is 0.211 e. The molecule has 0 aromatic carbocycles. The Hall–Kier alpha value is 0.917. The van der Waals surface area contributed by atoms with Gasteiger partial charge in [0.25, 0.3) is 0 Å². The smallest absolute Gasteiger partial charge is 0.110 e. The average molecular weight is 244 g/mol. The van der Waals surface area contributed by atoms with Crippen LogP contribution in [-0.2, 0) is 0 Å². The fraction of sp³-hybridized carbons (Fsp3) is 0.500. The van der Waals surface area contributed by atoms with Crippen LogP contribution in [0.1, 0.15) is 13.3 Å². The molecule has 7 heavy (non-hydrogen) atoms. The lowest BCUT2D eigenvalue weighted by molar-refractivity contribution is 1.20. The van der Waals surface area contributed by atoms with Gasteiger partial charge in [0.05, 0.1) is 0 Å². The predicted octanol–water partition coefficient (Wildman–Crippen LogP) is 2.50. The van der Waals surface area contributed by atoms with Crippen molar-refractivity contribution in [3.8, 4) is 0 Å². The molecule has 3 heteroatoms. The van der Waals surface area contributed by atoms with Crippen LogP contribution >= 0.6 is 30.6 Å². The quantitative estimate of drug-likeness (QED) is 0.517. The fourth-order valence-electron chi connectivity index (χ4n) is 0.154. The summed E-state index contributed by atoms with van der Waals surface area (Å²) in [6.45, 7) is 5.96. The molecule has 0 atom stereocenters. The molecule has 0 aromatic heterocycles. The van der Waals surface area contributed by atoms with Crippen LogP contribution in [-0.4, -0.2) is 6.04 Å². The lowest BCUT2D eigenvalue weighted by Crippen LogP contribution is -1.93. The highest BCUT2D eigenvalue weighted by atomic mass is 79.9. The molecule has 0 aliphatic rings. The molecule has 0 aromatic rings. The first-order valence-corrected chi connectivity index (χ1v) is 9.08. The van der Waals surface area contributed by atoms with Crippen molar-refractivity contribution >= 4 is 36.6 Å². The molecule has 0 saturated heterocycles. The van der Waals surface area contributed by atoms with E-state index < -0.39 is 6.04 Å². The van der Waals surface area contributed by atoms with Crippen molar-refractivity contribution in [3.05, 3.63) is 11.8 Å². The summed E-state index contributed by atoms with van der Waals surface area (Å²) in [5, 5.41) is 1.32. The highest BCUT2D eigenvalue weighted by Crippen LogP contribution is 2.13. The predicted molar refractivity (Wildman–Crippen MR) is 44.4 cm³/mol. The highest BCUT2D eigenvalue weighted by molar-refractivity contribution is 9.49. The summed E-state index contributed by atoms with van der Waals surface area (Å²) >= 11 is 6.91. The van der Waals surface area contributed by atoms with E-state index in [2.05, 4.69) is 44.1 Å². The normalized spacial score (nSPS) is 9.71. The van der Waals surface area contributed by atoms with Gasteiger partial charge in [0.2, 0.25) is 6.04 Å². The van der Waals surface area contributed by atoms with Gasteiger partial charge in [0.1, 0.15) is 0 Å². The van der Waals surface area contributed by atoms with Crippen LogP contribution in [0.3, 0.4) is 0 Å². The summed E-state index contributed by atoms with van der Waals surface area (Å²) in [5.74, 6) is 0. The van der Waals surface area contributed by atoms with Crippen molar-refractivity contribution in [2.75, 3.05) is 0 Å². The van der Waals surface area contributed by atoms with Gasteiger partial charge >= 0.3 is 0 Å². The van der Waals surface area contributed by atoms with Crippen molar-refractivity contribution in [3.63, 3.8) is 0 Å². The van der Waals surface area contributed by atoms with E-state index >= 15 is 0 Å². The minimum absolute atomic E-state index is 0.834. The number of hydrogen-bond acceptors (Lipinski definition) is 0. The molecule has 0 fully saturated rings. The molecule has 0 amide bonds. The van der Waals surface area contributed by atoms with E-state index in [9.17, 15) is 0 Å². The SMILES string of the molecule is C=C(CC)[SiH](Br)Br. The summed E-state index contributed by atoms with van der Waals surface area (Å²) in [6.07, 6.45) is 1.09. The van der Waals surface area contributed by atoms with E-state index in [1.54, 1.807) is 0 Å². The lowest BCUT2D eigenvalue weighted by Gasteiger charge is -1.96. The summed E-state index contributed by atoms with van der Waals surface area (Å²) in [4.78, 5) is 0. The molecule has 0 bridgehead atoms. The molecule has 0 aliphatic heterocycles. The van der Waals surface area contributed by atoms with E-state index in [-0.39, 0.29) is 0 Å². The Labute approximate surface area is 61.8 Å². The van der Waals surface area contributed by atoms with Crippen molar-refractivity contribution in [2.45, 2.75) is 13.3 Å². The van der Waals surface area contributed by atoms with Crippen LogP contribution in [0, 0.1) is 0 Å².